The van der Waals surface area contributed by atoms with Crippen molar-refractivity contribution >= 4 is 23.4 Å². The summed E-state index contributed by atoms with van der Waals surface area (Å²) in [5.74, 6) is -0.365. The van der Waals surface area contributed by atoms with E-state index in [4.69, 9.17) is 16.7 Å². The molecule has 0 aromatic carbocycles. The fourth-order valence-electron chi connectivity index (χ4n) is 2.17. The van der Waals surface area contributed by atoms with Gasteiger partial charge >= 0.3 is 5.97 Å². The number of anilines is 1. The molecule has 1 saturated carbocycles. The number of aliphatic carboxylic acids is 1. The first-order chi connectivity index (χ1) is 8.15. The van der Waals surface area contributed by atoms with Crippen LogP contribution in [0.3, 0.4) is 0 Å². The summed E-state index contributed by atoms with van der Waals surface area (Å²) in [6, 6.07) is 0.137. The fourth-order valence-corrected chi connectivity index (χ4v) is 2.31. The molecule has 2 N–H and O–H groups in total. The van der Waals surface area contributed by atoms with Crippen LogP contribution in [0.25, 0.3) is 0 Å². The number of carboxylic acid groups (broad SMARTS) is 1. The molecule has 0 spiro atoms. The third-order valence-electron chi connectivity index (χ3n) is 2.98. The van der Waals surface area contributed by atoms with Crippen LogP contribution in [0, 0.1) is 5.92 Å². The van der Waals surface area contributed by atoms with Crippen LogP contribution >= 0.6 is 11.6 Å². The number of hydrogen-bond acceptors (Lipinski definition) is 4. The highest BCUT2D eigenvalue weighted by atomic mass is 35.5. The van der Waals surface area contributed by atoms with Crippen LogP contribution in [-0.4, -0.2) is 27.1 Å². The summed E-state index contributed by atoms with van der Waals surface area (Å²) in [6.45, 7) is 0. The van der Waals surface area contributed by atoms with E-state index in [1.807, 2.05) is 0 Å². The molecule has 0 amide bonds. The molecule has 2 atom stereocenters. The first-order valence-electron chi connectivity index (χ1n) is 5.62. The Balaban J connectivity index is 1.97. The van der Waals surface area contributed by atoms with Crippen LogP contribution in [0.15, 0.2) is 12.4 Å². The molecule has 0 saturated heterocycles. The van der Waals surface area contributed by atoms with Gasteiger partial charge in [0.25, 0.3) is 0 Å². The number of rotatable bonds is 3. The molecule has 92 valence electrons. The minimum atomic E-state index is -0.714. The van der Waals surface area contributed by atoms with Gasteiger partial charge in [-0.05, 0) is 19.3 Å². The van der Waals surface area contributed by atoms with Crippen LogP contribution in [-0.2, 0) is 4.79 Å². The summed E-state index contributed by atoms with van der Waals surface area (Å²) in [5, 5.41) is 12.5. The highest BCUT2D eigenvalue weighted by Crippen LogP contribution is 2.26. The first kappa shape index (κ1) is 12.1. The van der Waals surface area contributed by atoms with E-state index >= 15 is 0 Å². The molecule has 2 unspecified atom stereocenters. The van der Waals surface area contributed by atoms with Crippen LogP contribution in [0.5, 0.6) is 0 Å². The number of hydrogen-bond donors (Lipinski definition) is 2. The number of nitrogens with zero attached hydrogens (tertiary/aromatic N) is 2. The Morgan fingerprint density at radius 3 is 3.00 bits per heavy atom. The summed E-state index contributed by atoms with van der Waals surface area (Å²) in [4.78, 5) is 18.9. The smallest absolute Gasteiger partial charge is 0.306 e. The van der Waals surface area contributed by atoms with Gasteiger partial charge in [0, 0.05) is 6.04 Å². The van der Waals surface area contributed by atoms with Crippen molar-refractivity contribution < 1.29 is 9.90 Å². The van der Waals surface area contributed by atoms with Crippen molar-refractivity contribution in [2.75, 3.05) is 5.32 Å². The van der Waals surface area contributed by atoms with Crippen molar-refractivity contribution in [2.24, 2.45) is 5.92 Å². The van der Waals surface area contributed by atoms with Gasteiger partial charge in [0.2, 0.25) is 0 Å². The lowest BCUT2D eigenvalue weighted by Gasteiger charge is -2.27. The van der Waals surface area contributed by atoms with E-state index < -0.39 is 5.97 Å². The van der Waals surface area contributed by atoms with Crippen LogP contribution < -0.4 is 5.32 Å². The Labute approximate surface area is 104 Å². The standard InChI is InChI=1S/C11H14ClN3O2/c12-9-5-13-6-10(15-9)14-8-3-1-2-7(4-8)11(16)17/h5-8H,1-4H2,(H,14,15)(H,16,17). The summed E-state index contributed by atoms with van der Waals surface area (Å²) >= 11 is 5.73. The molecule has 1 aliphatic carbocycles. The summed E-state index contributed by atoms with van der Waals surface area (Å²) in [6.07, 6.45) is 6.32. The molecular weight excluding hydrogens is 242 g/mol. The van der Waals surface area contributed by atoms with Gasteiger partial charge in [0.15, 0.2) is 0 Å². The van der Waals surface area contributed by atoms with Gasteiger partial charge in [-0.15, -0.1) is 0 Å². The number of carbonyl (C=O) groups is 1. The number of carboxylic acids is 1. The molecular formula is C11H14ClN3O2. The number of halogens is 1. The van der Waals surface area contributed by atoms with Gasteiger partial charge in [-0.25, -0.2) is 4.98 Å². The van der Waals surface area contributed by atoms with E-state index in [1.54, 1.807) is 6.20 Å². The SMILES string of the molecule is O=C(O)C1CCCC(Nc2cncc(Cl)n2)C1. The number of aromatic nitrogens is 2. The van der Waals surface area contributed by atoms with Crippen molar-refractivity contribution in [3.05, 3.63) is 17.5 Å². The van der Waals surface area contributed by atoms with Gasteiger partial charge < -0.3 is 10.4 Å². The topological polar surface area (TPSA) is 75.1 Å². The van der Waals surface area contributed by atoms with Crippen molar-refractivity contribution in [1.82, 2.24) is 9.97 Å². The van der Waals surface area contributed by atoms with Crippen molar-refractivity contribution in [3.8, 4) is 0 Å². The van der Waals surface area contributed by atoms with Gasteiger partial charge in [0.1, 0.15) is 11.0 Å². The largest absolute Gasteiger partial charge is 0.481 e. The van der Waals surface area contributed by atoms with E-state index in [9.17, 15) is 4.79 Å². The van der Waals surface area contributed by atoms with Crippen molar-refractivity contribution in [3.63, 3.8) is 0 Å². The summed E-state index contributed by atoms with van der Waals surface area (Å²) in [5.41, 5.74) is 0. The Morgan fingerprint density at radius 2 is 2.29 bits per heavy atom. The van der Waals surface area contributed by atoms with Gasteiger partial charge in [-0.3, -0.25) is 9.78 Å². The third kappa shape index (κ3) is 3.30. The third-order valence-corrected chi connectivity index (χ3v) is 3.16. The van der Waals surface area contributed by atoms with E-state index in [0.29, 0.717) is 17.4 Å². The van der Waals surface area contributed by atoms with E-state index in [2.05, 4.69) is 15.3 Å². The Hall–Kier alpha value is -1.36. The lowest BCUT2D eigenvalue weighted by molar-refractivity contribution is -0.142. The minimum Gasteiger partial charge on any atom is -0.481 e. The number of nitrogens with one attached hydrogen (secondary N) is 1. The molecule has 17 heavy (non-hydrogen) atoms. The predicted molar refractivity (Wildman–Crippen MR) is 64.0 cm³/mol. The zero-order valence-electron chi connectivity index (χ0n) is 9.27. The molecule has 0 aliphatic heterocycles. The zero-order chi connectivity index (χ0) is 12.3. The van der Waals surface area contributed by atoms with E-state index in [1.165, 1.54) is 6.20 Å². The first-order valence-corrected chi connectivity index (χ1v) is 6.00. The maximum atomic E-state index is 10.9. The molecule has 2 rings (SSSR count). The fraction of sp³-hybridized carbons (Fsp3) is 0.545. The molecule has 1 heterocycles. The second kappa shape index (κ2) is 5.31. The van der Waals surface area contributed by atoms with Crippen LogP contribution in [0.4, 0.5) is 5.82 Å². The molecule has 0 bridgehead atoms. The quantitative estimate of drug-likeness (QED) is 0.866. The highest BCUT2D eigenvalue weighted by molar-refractivity contribution is 6.29. The average Bonchev–Trinajstić information content (AvgIpc) is 2.29. The van der Waals surface area contributed by atoms with Crippen LogP contribution in [0.1, 0.15) is 25.7 Å². The minimum absolute atomic E-state index is 0.137. The summed E-state index contributed by atoms with van der Waals surface area (Å²) < 4.78 is 0. The highest BCUT2D eigenvalue weighted by Gasteiger charge is 2.26. The van der Waals surface area contributed by atoms with E-state index in [-0.39, 0.29) is 12.0 Å². The second-order valence-electron chi connectivity index (χ2n) is 4.27. The van der Waals surface area contributed by atoms with Crippen molar-refractivity contribution in [1.29, 1.82) is 0 Å². The molecule has 1 fully saturated rings. The van der Waals surface area contributed by atoms with Crippen molar-refractivity contribution in [2.45, 2.75) is 31.7 Å². The van der Waals surface area contributed by atoms with E-state index in [0.717, 1.165) is 19.3 Å². The molecule has 1 aromatic rings. The summed E-state index contributed by atoms with van der Waals surface area (Å²) in [7, 11) is 0. The lowest BCUT2D eigenvalue weighted by Crippen LogP contribution is -2.31. The molecule has 0 radical (unpaired) electrons. The van der Waals surface area contributed by atoms with Gasteiger partial charge in [-0.1, -0.05) is 18.0 Å². The molecule has 1 aromatic heterocycles. The van der Waals surface area contributed by atoms with Crippen LogP contribution in [0.2, 0.25) is 5.15 Å². The van der Waals surface area contributed by atoms with Gasteiger partial charge in [0.05, 0.1) is 18.3 Å². The molecule has 6 heteroatoms. The maximum absolute atomic E-state index is 10.9. The normalized spacial score (nSPS) is 24.3. The second-order valence-corrected chi connectivity index (χ2v) is 4.66. The Morgan fingerprint density at radius 1 is 1.47 bits per heavy atom. The molecule has 5 nitrogen and oxygen atoms in total. The Kier molecular flexibility index (Phi) is 3.78. The van der Waals surface area contributed by atoms with Gasteiger partial charge in [-0.2, -0.15) is 0 Å². The lowest BCUT2D eigenvalue weighted by atomic mass is 9.86. The zero-order valence-corrected chi connectivity index (χ0v) is 10.0. The monoisotopic (exact) mass is 255 g/mol. The Bertz CT molecular complexity index is 413. The predicted octanol–water partition coefficient (Wildman–Crippen LogP) is 2.19. The average molecular weight is 256 g/mol. The molecule has 1 aliphatic rings. The maximum Gasteiger partial charge on any atom is 0.306 e.